The average Bonchev–Trinajstić information content (AvgIpc) is 2.02. The molecular formula is C9H16O4. The summed E-state index contributed by atoms with van der Waals surface area (Å²) in [5.74, 6) is -2.54. The summed E-state index contributed by atoms with van der Waals surface area (Å²) >= 11 is 0. The summed E-state index contributed by atoms with van der Waals surface area (Å²) < 4.78 is 0. The maximum Gasteiger partial charge on any atom is 0.307 e. The lowest BCUT2D eigenvalue weighted by atomic mass is 9.92. The summed E-state index contributed by atoms with van der Waals surface area (Å²) in [4.78, 5) is 20.9. The Morgan fingerprint density at radius 1 is 1.31 bits per heavy atom. The molecule has 0 aliphatic heterocycles. The molecule has 0 rings (SSSR count). The zero-order valence-corrected chi connectivity index (χ0v) is 7.99. The van der Waals surface area contributed by atoms with Crippen LogP contribution in [-0.4, -0.2) is 22.2 Å². The van der Waals surface area contributed by atoms with Gasteiger partial charge < -0.3 is 10.2 Å². The maximum atomic E-state index is 10.6. The Morgan fingerprint density at radius 3 is 2.15 bits per heavy atom. The number of carboxylic acids is 2. The molecule has 76 valence electrons. The summed E-state index contributed by atoms with van der Waals surface area (Å²) in [6.45, 7) is 3.89. The average molecular weight is 188 g/mol. The lowest BCUT2D eigenvalue weighted by Crippen LogP contribution is -2.20. The molecule has 13 heavy (non-hydrogen) atoms. The van der Waals surface area contributed by atoms with Gasteiger partial charge in [-0.25, -0.2) is 0 Å². The number of hydrogen-bond donors (Lipinski definition) is 2. The topological polar surface area (TPSA) is 74.6 Å². The summed E-state index contributed by atoms with van der Waals surface area (Å²) in [6, 6.07) is 0. The van der Waals surface area contributed by atoms with Crippen molar-refractivity contribution in [1.29, 1.82) is 0 Å². The first-order chi connectivity index (χ1) is 5.97. The highest BCUT2D eigenvalue weighted by atomic mass is 16.4. The standard InChI is InChI=1S/C9H16O4/c1-3-6(2)4-7(9(12)13)5-8(10)11/h6-7H,3-5H2,1-2H3,(H,10,11)(H,12,13)/t6?,7-/m1/s1. The van der Waals surface area contributed by atoms with Crippen molar-refractivity contribution < 1.29 is 19.8 Å². The smallest absolute Gasteiger partial charge is 0.307 e. The Labute approximate surface area is 77.6 Å². The third-order valence-corrected chi connectivity index (χ3v) is 2.15. The number of aliphatic carboxylic acids is 2. The van der Waals surface area contributed by atoms with E-state index in [-0.39, 0.29) is 12.3 Å². The monoisotopic (exact) mass is 188 g/mol. The first-order valence-corrected chi connectivity index (χ1v) is 4.42. The molecule has 2 N–H and O–H groups in total. The van der Waals surface area contributed by atoms with E-state index in [0.29, 0.717) is 6.42 Å². The largest absolute Gasteiger partial charge is 0.481 e. The summed E-state index contributed by atoms with van der Waals surface area (Å²) in [6.07, 6.45) is 1.04. The molecule has 0 aromatic carbocycles. The van der Waals surface area contributed by atoms with Crippen LogP contribution in [-0.2, 0) is 9.59 Å². The number of rotatable bonds is 6. The Kier molecular flexibility index (Phi) is 5.11. The molecule has 0 saturated heterocycles. The van der Waals surface area contributed by atoms with Crippen LogP contribution in [0, 0.1) is 11.8 Å². The van der Waals surface area contributed by atoms with Crippen molar-refractivity contribution in [3.8, 4) is 0 Å². The van der Waals surface area contributed by atoms with Crippen molar-refractivity contribution in [3.05, 3.63) is 0 Å². The summed E-state index contributed by atoms with van der Waals surface area (Å²) in [7, 11) is 0. The molecule has 2 atom stereocenters. The van der Waals surface area contributed by atoms with Gasteiger partial charge in [-0.15, -0.1) is 0 Å². The fourth-order valence-corrected chi connectivity index (χ4v) is 1.13. The Bertz CT molecular complexity index is 188. The van der Waals surface area contributed by atoms with Gasteiger partial charge in [-0.1, -0.05) is 20.3 Å². The maximum absolute atomic E-state index is 10.6. The normalized spacial score (nSPS) is 14.9. The molecule has 0 radical (unpaired) electrons. The number of hydrogen-bond acceptors (Lipinski definition) is 2. The van der Waals surface area contributed by atoms with Gasteiger partial charge in [-0.3, -0.25) is 9.59 Å². The van der Waals surface area contributed by atoms with Crippen molar-refractivity contribution in [1.82, 2.24) is 0 Å². The van der Waals surface area contributed by atoms with E-state index in [1.807, 2.05) is 13.8 Å². The highest BCUT2D eigenvalue weighted by molar-refractivity contribution is 5.77. The molecule has 0 saturated carbocycles. The SMILES string of the molecule is CCC(C)C[C@H](CC(=O)O)C(=O)O. The molecule has 0 amide bonds. The fourth-order valence-electron chi connectivity index (χ4n) is 1.13. The second kappa shape index (κ2) is 5.56. The predicted octanol–water partition coefficient (Wildman–Crippen LogP) is 1.60. The van der Waals surface area contributed by atoms with Crippen molar-refractivity contribution in [2.24, 2.45) is 11.8 Å². The van der Waals surface area contributed by atoms with Crippen molar-refractivity contribution in [3.63, 3.8) is 0 Å². The van der Waals surface area contributed by atoms with Crippen molar-refractivity contribution in [2.75, 3.05) is 0 Å². The van der Waals surface area contributed by atoms with Crippen LogP contribution in [0.5, 0.6) is 0 Å². The first kappa shape index (κ1) is 11.9. The first-order valence-electron chi connectivity index (χ1n) is 4.42. The van der Waals surface area contributed by atoms with Gasteiger partial charge in [0.25, 0.3) is 0 Å². The van der Waals surface area contributed by atoms with Crippen LogP contribution in [0.15, 0.2) is 0 Å². The van der Waals surface area contributed by atoms with Crippen LogP contribution in [0.1, 0.15) is 33.1 Å². The van der Waals surface area contributed by atoms with Gasteiger partial charge in [-0.05, 0) is 12.3 Å². The lowest BCUT2D eigenvalue weighted by molar-refractivity contribution is -0.148. The van der Waals surface area contributed by atoms with E-state index in [2.05, 4.69) is 0 Å². The van der Waals surface area contributed by atoms with Gasteiger partial charge in [-0.2, -0.15) is 0 Å². The van der Waals surface area contributed by atoms with Crippen LogP contribution in [0.3, 0.4) is 0 Å². The fraction of sp³-hybridized carbons (Fsp3) is 0.778. The van der Waals surface area contributed by atoms with Crippen LogP contribution < -0.4 is 0 Å². The zero-order valence-electron chi connectivity index (χ0n) is 7.99. The van der Waals surface area contributed by atoms with E-state index in [4.69, 9.17) is 10.2 Å². The van der Waals surface area contributed by atoms with Gasteiger partial charge in [0.2, 0.25) is 0 Å². The molecule has 4 heteroatoms. The van der Waals surface area contributed by atoms with Crippen LogP contribution in [0.25, 0.3) is 0 Å². The Hall–Kier alpha value is -1.06. The predicted molar refractivity (Wildman–Crippen MR) is 47.5 cm³/mol. The lowest BCUT2D eigenvalue weighted by Gasteiger charge is -2.13. The second-order valence-corrected chi connectivity index (χ2v) is 3.38. The molecular weight excluding hydrogens is 172 g/mol. The molecule has 0 spiro atoms. The molecule has 0 bridgehead atoms. The van der Waals surface area contributed by atoms with Crippen molar-refractivity contribution in [2.45, 2.75) is 33.1 Å². The molecule has 0 fully saturated rings. The van der Waals surface area contributed by atoms with Crippen LogP contribution in [0.4, 0.5) is 0 Å². The van der Waals surface area contributed by atoms with Gasteiger partial charge in [0, 0.05) is 0 Å². The Morgan fingerprint density at radius 2 is 1.85 bits per heavy atom. The molecule has 1 unspecified atom stereocenters. The molecule has 4 nitrogen and oxygen atoms in total. The minimum Gasteiger partial charge on any atom is -0.481 e. The van der Waals surface area contributed by atoms with E-state index < -0.39 is 17.9 Å². The molecule has 0 heterocycles. The van der Waals surface area contributed by atoms with E-state index >= 15 is 0 Å². The van der Waals surface area contributed by atoms with Gasteiger partial charge in [0.1, 0.15) is 0 Å². The zero-order chi connectivity index (χ0) is 10.4. The van der Waals surface area contributed by atoms with Gasteiger partial charge >= 0.3 is 11.9 Å². The highest BCUT2D eigenvalue weighted by Crippen LogP contribution is 2.18. The molecule has 0 aromatic heterocycles. The van der Waals surface area contributed by atoms with Gasteiger partial charge in [0.15, 0.2) is 0 Å². The minimum atomic E-state index is -1.05. The Balaban J connectivity index is 4.10. The minimum absolute atomic E-state index is 0.264. The molecule has 0 aliphatic carbocycles. The highest BCUT2D eigenvalue weighted by Gasteiger charge is 2.22. The van der Waals surface area contributed by atoms with E-state index in [1.54, 1.807) is 0 Å². The van der Waals surface area contributed by atoms with Crippen LogP contribution in [0.2, 0.25) is 0 Å². The summed E-state index contributed by atoms with van der Waals surface area (Å²) in [5, 5.41) is 17.2. The van der Waals surface area contributed by atoms with Gasteiger partial charge in [0.05, 0.1) is 12.3 Å². The second-order valence-electron chi connectivity index (χ2n) is 3.38. The number of carboxylic acid groups (broad SMARTS) is 2. The third kappa shape index (κ3) is 5.22. The van der Waals surface area contributed by atoms with E-state index in [9.17, 15) is 9.59 Å². The molecule has 0 aliphatic rings. The summed E-state index contributed by atoms with van der Waals surface area (Å²) in [5.41, 5.74) is 0. The van der Waals surface area contributed by atoms with E-state index in [0.717, 1.165) is 6.42 Å². The van der Waals surface area contributed by atoms with E-state index in [1.165, 1.54) is 0 Å². The van der Waals surface area contributed by atoms with Crippen molar-refractivity contribution >= 4 is 11.9 Å². The number of carbonyl (C=O) groups is 2. The molecule has 0 aromatic rings. The quantitative estimate of drug-likeness (QED) is 0.663. The van der Waals surface area contributed by atoms with Crippen LogP contribution >= 0.6 is 0 Å². The third-order valence-electron chi connectivity index (χ3n) is 2.15.